The number of fused-ring (bicyclic) bond motifs is 1. The average molecular weight is 231 g/mol. The second-order valence-corrected chi connectivity index (χ2v) is 5.44. The van der Waals surface area contributed by atoms with Crippen molar-refractivity contribution in [1.82, 2.24) is 5.32 Å². The Bertz CT molecular complexity index is 361. The molecule has 1 fully saturated rings. The van der Waals surface area contributed by atoms with Crippen molar-refractivity contribution in [3.05, 3.63) is 35.4 Å². The first-order chi connectivity index (χ1) is 8.36. The Morgan fingerprint density at radius 2 is 1.88 bits per heavy atom. The van der Waals surface area contributed by atoms with E-state index in [2.05, 4.69) is 29.6 Å². The fraction of sp³-hybridized carbons (Fsp3) is 0.600. The van der Waals surface area contributed by atoms with Gasteiger partial charge in [-0.15, -0.1) is 0 Å². The van der Waals surface area contributed by atoms with Crippen LogP contribution in [0.15, 0.2) is 24.3 Å². The molecule has 1 aromatic carbocycles. The Labute approximate surface area is 103 Å². The molecule has 1 saturated carbocycles. The molecule has 1 N–H and O–H groups in total. The molecule has 92 valence electrons. The molecule has 0 spiro atoms. The molecule has 0 amide bonds. The molecule has 2 aliphatic rings. The number of hydrogen-bond donors (Lipinski definition) is 1. The minimum atomic E-state index is 0.569. The number of nitrogens with one attached hydrogen (secondary N) is 1. The van der Waals surface area contributed by atoms with Crippen LogP contribution in [0.4, 0.5) is 0 Å². The van der Waals surface area contributed by atoms with Crippen LogP contribution in [0.3, 0.4) is 0 Å². The topological polar surface area (TPSA) is 21.3 Å². The smallest absolute Gasteiger partial charge is 0.0618 e. The van der Waals surface area contributed by atoms with Crippen LogP contribution in [0.1, 0.15) is 24.0 Å². The van der Waals surface area contributed by atoms with Gasteiger partial charge in [-0.3, -0.25) is 0 Å². The molecule has 0 aromatic heterocycles. The summed E-state index contributed by atoms with van der Waals surface area (Å²) < 4.78 is 5.33. The predicted octanol–water partition coefficient (Wildman–Crippen LogP) is 2.17. The molecular weight excluding hydrogens is 210 g/mol. The van der Waals surface area contributed by atoms with Gasteiger partial charge in [-0.1, -0.05) is 24.3 Å². The number of benzene rings is 1. The fourth-order valence-electron chi connectivity index (χ4n) is 2.98. The monoisotopic (exact) mass is 231 g/mol. The first-order valence-corrected chi connectivity index (χ1v) is 6.68. The van der Waals surface area contributed by atoms with Crippen LogP contribution in [-0.2, 0) is 17.6 Å². The number of ether oxygens (including phenoxy) is 1. The van der Waals surface area contributed by atoms with E-state index in [9.17, 15) is 0 Å². The van der Waals surface area contributed by atoms with Crippen molar-refractivity contribution in [2.24, 2.45) is 5.92 Å². The maximum absolute atomic E-state index is 5.33. The Morgan fingerprint density at radius 3 is 2.41 bits per heavy atom. The van der Waals surface area contributed by atoms with E-state index in [-0.39, 0.29) is 0 Å². The fourth-order valence-corrected chi connectivity index (χ4v) is 2.98. The normalized spacial score (nSPS) is 21.5. The van der Waals surface area contributed by atoms with Crippen molar-refractivity contribution in [2.75, 3.05) is 13.7 Å². The summed E-state index contributed by atoms with van der Waals surface area (Å²) in [5, 5.41) is 3.80. The van der Waals surface area contributed by atoms with E-state index in [0.717, 1.165) is 12.5 Å². The summed E-state index contributed by atoms with van der Waals surface area (Å²) in [4.78, 5) is 0. The van der Waals surface area contributed by atoms with Crippen LogP contribution in [0.5, 0.6) is 0 Å². The van der Waals surface area contributed by atoms with E-state index in [1.807, 2.05) is 0 Å². The number of hydrogen-bond acceptors (Lipinski definition) is 2. The zero-order valence-electron chi connectivity index (χ0n) is 10.5. The van der Waals surface area contributed by atoms with Gasteiger partial charge >= 0.3 is 0 Å². The summed E-state index contributed by atoms with van der Waals surface area (Å²) >= 11 is 0. The quantitative estimate of drug-likeness (QED) is 0.838. The first kappa shape index (κ1) is 11.2. The highest BCUT2D eigenvalue weighted by Gasteiger charge is 2.33. The van der Waals surface area contributed by atoms with Crippen molar-refractivity contribution in [3.8, 4) is 0 Å². The van der Waals surface area contributed by atoms with Gasteiger partial charge in [-0.25, -0.2) is 0 Å². The standard InChI is InChI=1S/C15H21NO/c1-17-10-15(11-6-7-11)16-14-8-12-4-2-3-5-13(12)9-14/h2-5,11,14-16H,6-10H2,1H3/t15-/m0/s1. The van der Waals surface area contributed by atoms with Crippen LogP contribution in [0, 0.1) is 5.92 Å². The molecule has 17 heavy (non-hydrogen) atoms. The predicted molar refractivity (Wildman–Crippen MR) is 69.2 cm³/mol. The third-order valence-corrected chi connectivity index (χ3v) is 4.04. The minimum absolute atomic E-state index is 0.569. The van der Waals surface area contributed by atoms with Crippen LogP contribution in [-0.4, -0.2) is 25.8 Å². The molecule has 2 aliphatic carbocycles. The minimum Gasteiger partial charge on any atom is -0.383 e. The molecule has 0 unspecified atom stereocenters. The summed E-state index contributed by atoms with van der Waals surface area (Å²) in [7, 11) is 1.81. The molecule has 3 rings (SSSR count). The summed E-state index contributed by atoms with van der Waals surface area (Å²) in [6.07, 6.45) is 5.12. The van der Waals surface area contributed by atoms with E-state index in [0.29, 0.717) is 12.1 Å². The first-order valence-electron chi connectivity index (χ1n) is 6.68. The maximum Gasteiger partial charge on any atom is 0.0618 e. The van der Waals surface area contributed by atoms with Gasteiger partial charge < -0.3 is 10.1 Å². The molecule has 0 bridgehead atoms. The molecule has 0 heterocycles. The third kappa shape index (κ3) is 2.53. The maximum atomic E-state index is 5.33. The molecule has 1 atom stereocenters. The van der Waals surface area contributed by atoms with Gasteiger partial charge in [0.05, 0.1) is 6.61 Å². The van der Waals surface area contributed by atoms with Crippen LogP contribution in [0.2, 0.25) is 0 Å². The molecule has 1 aromatic rings. The van der Waals surface area contributed by atoms with E-state index >= 15 is 0 Å². The van der Waals surface area contributed by atoms with Crippen LogP contribution >= 0.6 is 0 Å². The Hall–Kier alpha value is -0.860. The molecule has 0 radical (unpaired) electrons. The molecular formula is C15H21NO. The Kier molecular flexibility index (Phi) is 3.17. The second kappa shape index (κ2) is 4.79. The highest BCUT2D eigenvalue weighted by atomic mass is 16.5. The van der Waals surface area contributed by atoms with Crippen molar-refractivity contribution in [2.45, 2.75) is 37.8 Å². The van der Waals surface area contributed by atoms with Crippen LogP contribution in [0.25, 0.3) is 0 Å². The van der Waals surface area contributed by atoms with Gasteiger partial charge in [-0.2, -0.15) is 0 Å². The largest absolute Gasteiger partial charge is 0.383 e. The Balaban J connectivity index is 1.60. The van der Waals surface area contributed by atoms with Gasteiger partial charge in [0.15, 0.2) is 0 Å². The third-order valence-electron chi connectivity index (χ3n) is 4.04. The zero-order chi connectivity index (χ0) is 11.7. The molecule has 0 saturated heterocycles. The van der Waals surface area contributed by atoms with Crippen molar-refractivity contribution >= 4 is 0 Å². The zero-order valence-corrected chi connectivity index (χ0v) is 10.5. The highest BCUT2D eigenvalue weighted by molar-refractivity contribution is 5.33. The van der Waals surface area contributed by atoms with E-state index < -0.39 is 0 Å². The van der Waals surface area contributed by atoms with Gasteiger partial charge in [0, 0.05) is 19.2 Å². The molecule has 2 heteroatoms. The van der Waals surface area contributed by atoms with E-state index in [1.165, 1.54) is 36.8 Å². The lowest BCUT2D eigenvalue weighted by molar-refractivity contribution is 0.151. The van der Waals surface area contributed by atoms with E-state index in [1.54, 1.807) is 7.11 Å². The van der Waals surface area contributed by atoms with Crippen LogP contribution < -0.4 is 5.32 Å². The lowest BCUT2D eigenvalue weighted by Crippen LogP contribution is -2.42. The average Bonchev–Trinajstić information content (AvgIpc) is 3.09. The summed E-state index contributed by atoms with van der Waals surface area (Å²) in [6.45, 7) is 0.859. The Morgan fingerprint density at radius 1 is 1.24 bits per heavy atom. The van der Waals surface area contributed by atoms with Gasteiger partial charge in [0.1, 0.15) is 0 Å². The number of methoxy groups -OCH3 is 1. The lowest BCUT2D eigenvalue weighted by Gasteiger charge is -2.22. The molecule has 0 aliphatic heterocycles. The summed E-state index contributed by atoms with van der Waals surface area (Å²) in [5.74, 6) is 0.860. The number of rotatable bonds is 5. The second-order valence-electron chi connectivity index (χ2n) is 5.44. The van der Waals surface area contributed by atoms with Gasteiger partial charge in [0.25, 0.3) is 0 Å². The van der Waals surface area contributed by atoms with E-state index in [4.69, 9.17) is 4.74 Å². The van der Waals surface area contributed by atoms with Crippen molar-refractivity contribution in [1.29, 1.82) is 0 Å². The summed E-state index contributed by atoms with van der Waals surface area (Å²) in [5.41, 5.74) is 3.05. The lowest BCUT2D eigenvalue weighted by atomic mass is 10.1. The highest BCUT2D eigenvalue weighted by Crippen LogP contribution is 2.33. The SMILES string of the molecule is COC[C@H](NC1Cc2ccccc2C1)C1CC1. The summed E-state index contributed by atoms with van der Waals surface area (Å²) in [6, 6.07) is 10.0. The van der Waals surface area contributed by atoms with Gasteiger partial charge in [0.2, 0.25) is 0 Å². The van der Waals surface area contributed by atoms with Crippen molar-refractivity contribution in [3.63, 3.8) is 0 Å². The van der Waals surface area contributed by atoms with Crippen molar-refractivity contribution < 1.29 is 4.74 Å². The molecule has 2 nitrogen and oxygen atoms in total. The van der Waals surface area contributed by atoms with Gasteiger partial charge in [-0.05, 0) is 42.7 Å².